The number of carbonyl (C=O) groups excluding carboxylic acids is 2. The fourth-order valence-corrected chi connectivity index (χ4v) is 3.67. The number of hydrogen-bond donors (Lipinski definition) is 1. The van der Waals surface area contributed by atoms with Crippen LogP contribution in [0.2, 0.25) is 0 Å². The maximum atomic E-state index is 12.4. The number of nitrogens with zero attached hydrogens (tertiary/aromatic N) is 3. The maximum Gasteiger partial charge on any atom is 0.337 e. The van der Waals surface area contributed by atoms with Crippen molar-refractivity contribution >= 4 is 29.3 Å². The van der Waals surface area contributed by atoms with E-state index >= 15 is 0 Å². The molecule has 1 aromatic carbocycles. The maximum absolute atomic E-state index is 12.4. The molecule has 29 heavy (non-hydrogen) atoms. The minimum atomic E-state index is -0.450. The molecule has 1 aliphatic rings. The SMILES string of the molecule is COC(=O)c1cccc(NC(=O)CSc2nnc(C3CC3)n2Cc2ccco2)c1. The lowest BCUT2D eigenvalue weighted by Crippen LogP contribution is -2.15. The van der Waals surface area contributed by atoms with Gasteiger partial charge in [0.15, 0.2) is 5.16 Å². The van der Waals surface area contributed by atoms with Crippen molar-refractivity contribution in [1.29, 1.82) is 0 Å². The summed E-state index contributed by atoms with van der Waals surface area (Å²) in [6, 6.07) is 10.4. The highest BCUT2D eigenvalue weighted by Crippen LogP contribution is 2.40. The Labute approximate surface area is 171 Å². The minimum absolute atomic E-state index is 0.170. The molecule has 3 aromatic rings. The number of carbonyl (C=O) groups is 2. The zero-order valence-corrected chi connectivity index (χ0v) is 16.6. The van der Waals surface area contributed by atoms with Gasteiger partial charge in [-0.15, -0.1) is 10.2 Å². The van der Waals surface area contributed by atoms with E-state index in [-0.39, 0.29) is 11.7 Å². The van der Waals surface area contributed by atoms with E-state index in [0.717, 1.165) is 24.4 Å². The Morgan fingerprint density at radius 2 is 2.14 bits per heavy atom. The lowest BCUT2D eigenvalue weighted by molar-refractivity contribution is -0.113. The van der Waals surface area contributed by atoms with E-state index in [2.05, 4.69) is 15.5 Å². The zero-order valence-electron chi connectivity index (χ0n) is 15.8. The van der Waals surface area contributed by atoms with Crippen LogP contribution in [0, 0.1) is 0 Å². The average Bonchev–Trinajstić information content (AvgIpc) is 3.29. The van der Waals surface area contributed by atoms with Gasteiger partial charge in [-0.25, -0.2) is 4.79 Å². The summed E-state index contributed by atoms with van der Waals surface area (Å²) in [6.07, 6.45) is 3.86. The molecule has 1 N–H and O–H groups in total. The Hall–Kier alpha value is -3.07. The molecule has 4 rings (SSSR count). The third-order valence-corrected chi connectivity index (χ3v) is 5.45. The molecule has 0 radical (unpaired) electrons. The Bertz CT molecular complexity index is 1010. The number of hydrogen-bond acceptors (Lipinski definition) is 7. The highest BCUT2D eigenvalue weighted by atomic mass is 32.2. The number of furan rings is 1. The van der Waals surface area contributed by atoms with Crippen LogP contribution < -0.4 is 5.32 Å². The number of aromatic nitrogens is 3. The first-order valence-corrected chi connectivity index (χ1v) is 10.2. The van der Waals surface area contributed by atoms with Gasteiger partial charge in [0.2, 0.25) is 5.91 Å². The highest BCUT2D eigenvalue weighted by molar-refractivity contribution is 7.99. The first-order chi connectivity index (χ1) is 14.1. The summed E-state index contributed by atoms with van der Waals surface area (Å²) in [4.78, 5) is 24.0. The summed E-state index contributed by atoms with van der Waals surface area (Å²) in [7, 11) is 1.32. The van der Waals surface area contributed by atoms with Gasteiger partial charge in [-0.1, -0.05) is 17.8 Å². The molecule has 0 unspecified atom stereocenters. The molecule has 2 aromatic heterocycles. The molecule has 1 fully saturated rings. The second-order valence-corrected chi connectivity index (χ2v) is 7.63. The number of esters is 1. The predicted octanol–water partition coefficient (Wildman–Crippen LogP) is 3.31. The minimum Gasteiger partial charge on any atom is -0.467 e. The van der Waals surface area contributed by atoms with Gasteiger partial charge in [0, 0.05) is 11.6 Å². The zero-order chi connectivity index (χ0) is 20.2. The molecule has 1 aliphatic carbocycles. The van der Waals surface area contributed by atoms with Crippen LogP contribution in [0.25, 0.3) is 0 Å². The first-order valence-electron chi connectivity index (χ1n) is 9.20. The quantitative estimate of drug-likeness (QED) is 0.447. The average molecular weight is 412 g/mol. The van der Waals surface area contributed by atoms with Crippen molar-refractivity contribution in [3.63, 3.8) is 0 Å². The topological polar surface area (TPSA) is 99.2 Å². The van der Waals surface area contributed by atoms with E-state index in [1.807, 2.05) is 16.7 Å². The number of benzene rings is 1. The van der Waals surface area contributed by atoms with Crippen LogP contribution in [0.4, 0.5) is 5.69 Å². The third-order valence-electron chi connectivity index (χ3n) is 4.48. The Balaban J connectivity index is 1.41. The second kappa shape index (κ2) is 8.52. The summed E-state index contributed by atoms with van der Waals surface area (Å²) >= 11 is 1.32. The highest BCUT2D eigenvalue weighted by Gasteiger charge is 2.30. The Kier molecular flexibility index (Phi) is 5.66. The van der Waals surface area contributed by atoms with Crippen LogP contribution in [-0.4, -0.2) is 39.5 Å². The molecule has 9 heteroatoms. The van der Waals surface area contributed by atoms with Crippen LogP contribution in [0.1, 0.15) is 40.7 Å². The van der Waals surface area contributed by atoms with Crippen LogP contribution in [0.3, 0.4) is 0 Å². The van der Waals surface area contributed by atoms with Crippen molar-refractivity contribution < 1.29 is 18.7 Å². The second-order valence-electron chi connectivity index (χ2n) is 6.69. The summed E-state index contributed by atoms with van der Waals surface area (Å²) in [5.74, 6) is 1.71. The molecule has 150 valence electrons. The van der Waals surface area contributed by atoms with Gasteiger partial charge < -0.3 is 14.5 Å². The van der Waals surface area contributed by atoms with Crippen LogP contribution in [0.15, 0.2) is 52.2 Å². The van der Waals surface area contributed by atoms with E-state index in [0.29, 0.717) is 28.9 Å². The number of rotatable bonds is 8. The molecule has 0 atom stereocenters. The molecule has 0 bridgehead atoms. The van der Waals surface area contributed by atoms with E-state index in [1.165, 1.54) is 18.9 Å². The van der Waals surface area contributed by atoms with Crippen molar-refractivity contribution in [2.24, 2.45) is 0 Å². The molecule has 1 saturated carbocycles. The molecular weight excluding hydrogens is 392 g/mol. The number of thioether (sulfide) groups is 1. The van der Waals surface area contributed by atoms with E-state index in [4.69, 9.17) is 9.15 Å². The summed E-state index contributed by atoms with van der Waals surface area (Å²) in [6.45, 7) is 0.539. The van der Waals surface area contributed by atoms with Gasteiger partial charge in [0.25, 0.3) is 0 Å². The normalized spacial score (nSPS) is 13.3. The fourth-order valence-electron chi connectivity index (χ4n) is 2.93. The Morgan fingerprint density at radius 1 is 1.28 bits per heavy atom. The van der Waals surface area contributed by atoms with E-state index in [1.54, 1.807) is 30.5 Å². The number of anilines is 1. The van der Waals surface area contributed by atoms with E-state index < -0.39 is 5.97 Å². The summed E-state index contributed by atoms with van der Waals surface area (Å²) in [5, 5.41) is 12.1. The van der Waals surface area contributed by atoms with Crippen molar-refractivity contribution in [1.82, 2.24) is 14.8 Å². The molecule has 8 nitrogen and oxygen atoms in total. The third kappa shape index (κ3) is 4.68. The Morgan fingerprint density at radius 3 is 2.86 bits per heavy atom. The molecule has 2 heterocycles. The number of methoxy groups -OCH3 is 1. The molecule has 0 spiro atoms. The van der Waals surface area contributed by atoms with Crippen LogP contribution in [-0.2, 0) is 16.1 Å². The number of ether oxygens (including phenoxy) is 1. The monoisotopic (exact) mass is 412 g/mol. The standard InChI is InChI=1S/C20H20N4O4S/c1-27-19(26)14-4-2-5-15(10-14)21-17(25)12-29-20-23-22-18(13-7-8-13)24(20)11-16-6-3-9-28-16/h2-6,9-10,13H,7-8,11-12H2,1H3,(H,21,25). The molecule has 0 saturated heterocycles. The lowest BCUT2D eigenvalue weighted by Gasteiger charge is -2.09. The smallest absolute Gasteiger partial charge is 0.337 e. The van der Waals surface area contributed by atoms with Gasteiger partial charge in [-0.3, -0.25) is 9.36 Å². The van der Waals surface area contributed by atoms with Gasteiger partial charge in [0.05, 0.1) is 31.2 Å². The van der Waals surface area contributed by atoms with Gasteiger partial charge in [-0.05, 0) is 43.2 Å². The van der Waals surface area contributed by atoms with Crippen molar-refractivity contribution in [2.45, 2.75) is 30.5 Å². The number of nitrogens with one attached hydrogen (secondary N) is 1. The lowest BCUT2D eigenvalue weighted by atomic mass is 10.2. The first kappa shape index (κ1) is 19.3. The number of amides is 1. The largest absolute Gasteiger partial charge is 0.467 e. The fraction of sp³-hybridized carbons (Fsp3) is 0.300. The van der Waals surface area contributed by atoms with Crippen molar-refractivity contribution in [2.75, 3.05) is 18.2 Å². The predicted molar refractivity (Wildman–Crippen MR) is 107 cm³/mol. The molecule has 0 aliphatic heterocycles. The van der Waals surface area contributed by atoms with Crippen molar-refractivity contribution in [3.8, 4) is 0 Å². The summed E-state index contributed by atoms with van der Waals surface area (Å²) < 4.78 is 12.2. The van der Waals surface area contributed by atoms with Crippen LogP contribution >= 0.6 is 11.8 Å². The summed E-state index contributed by atoms with van der Waals surface area (Å²) in [5.41, 5.74) is 0.916. The molecule has 1 amide bonds. The van der Waals surface area contributed by atoms with E-state index in [9.17, 15) is 9.59 Å². The molecular formula is C20H20N4O4S. The van der Waals surface area contributed by atoms with Gasteiger partial charge >= 0.3 is 5.97 Å². The van der Waals surface area contributed by atoms with Gasteiger partial charge in [-0.2, -0.15) is 0 Å². The van der Waals surface area contributed by atoms with Crippen LogP contribution in [0.5, 0.6) is 0 Å². The van der Waals surface area contributed by atoms with Crippen molar-refractivity contribution in [3.05, 3.63) is 59.8 Å². The van der Waals surface area contributed by atoms with Gasteiger partial charge in [0.1, 0.15) is 11.6 Å².